The van der Waals surface area contributed by atoms with E-state index < -0.39 is 0 Å². The van der Waals surface area contributed by atoms with Crippen LogP contribution in [0.25, 0.3) is 0 Å². The fourth-order valence-corrected chi connectivity index (χ4v) is 2.90. The average molecular weight is 266 g/mol. The predicted molar refractivity (Wildman–Crippen MR) is 86.0 cm³/mol. The molecule has 0 spiro atoms. The second-order valence-corrected chi connectivity index (χ2v) is 5.82. The van der Waals surface area contributed by atoms with E-state index in [1.807, 2.05) is 0 Å². The van der Waals surface area contributed by atoms with Crippen LogP contribution in [0.15, 0.2) is 4.99 Å². The quantitative estimate of drug-likeness (QED) is 0.452. The molecular formula is C17H34N2. The van der Waals surface area contributed by atoms with Crippen LogP contribution in [-0.2, 0) is 0 Å². The van der Waals surface area contributed by atoms with Crippen molar-refractivity contribution in [2.45, 2.75) is 84.5 Å². The third-order valence-electron chi connectivity index (χ3n) is 4.13. The third-order valence-corrected chi connectivity index (χ3v) is 4.13. The summed E-state index contributed by atoms with van der Waals surface area (Å²) in [6, 6.07) is 0. The third kappa shape index (κ3) is 7.59. The Morgan fingerprint density at radius 3 is 2.00 bits per heavy atom. The number of aliphatic imine (C=N–C) groups is 1. The average Bonchev–Trinajstić information content (AvgIpc) is 2.88. The molecule has 0 saturated heterocycles. The Kier molecular flexibility index (Phi) is 9.84. The summed E-state index contributed by atoms with van der Waals surface area (Å²) in [6.45, 7) is 7.94. The Bertz CT molecular complexity index is 235. The van der Waals surface area contributed by atoms with Gasteiger partial charge in [0.2, 0.25) is 0 Å². The zero-order valence-electron chi connectivity index (χ0n) is 13.3. The van der Waals surface area contributed by atoms with Crippen molar-refractivity contribution in [2.24, 2.45) is 4.99 Å². The standard InChI is InChI=1S/C17H34N2/c1-3-5-6-7-8-9-10-11-12-13-15-19-16-14-18-17(19)4-2/h3-16H2,1-2H3. The first kappa shape index (κ1) is 16.5. The smallest absolute Gasteiger partial charge is 0.0987 e. The SMILES string of the molecule is CCCCCCCCCCCCN1CCN=C1CC. The van der Waals surface area contributed by atoms with Crippen LogP contribution in [0.3, 0.4) is 0 Å². The fourth-order valence-electron chi connectivity index (χ4n) is 2.90. The minimum absolute atomic E-state index is 1.03. The number of unbranched alkanes of at least 4 members (excludes halogenated alkanes) is 9. The normalized spacial score (nSPS) is 15.1. The topological polar surface area (TPSA) is 15.6 Å². The van der Waals surface area contributed by atoms with E-state index in [-0.39, 0.29) is 0 Å². The summed E-state index contributed by atoms with van der Waals surface area (Å²) in [5, 5.41) is 0. The van der Waals surface area contributed by atoms with Crippen LogP contribution in [0.2, 0.25) is 0 Å². The largest absolute Gasteiger partial charge is 0.359 e. The van der Waals surface area contributed by atoms with Crippen molar-refractivity contribution in [2.75, 3.05) is 19.6 Å². The lowest BCUT2D eigenvalue weighted by Gasteiger charge is -2.19. The van der Waals surface area contributed by atoms with Gasteiger partial charge in [0, 0.05) is 19.5 Å². The highest BCUT2D eigenvalue weighted by Gasteiger charge is 2.13. The van der Waals surface area contributed by atoms with Crippen LogP contribution in [0.4, 0.5) is 0 Å². The zero-order chi connectivity index (χ0) is 13.8. The van der Waals surface area contributed by atoms with Crippen molar-refractivity contribution in [1.82, 2.24) is 4.90 Å². The molecule has 0 N–H and O–H groups in total. The molecule has 0 aromatic rings. The molecule has 2 heteroatoms. The fraction of sp³-hybridized carbons (Fsp3) is 0.941. The van der Waals surface area contributed by atoms with Crippen molar-refractivity contribution in [3.05, 3.63) is 0 Å². The van der Waals surface area contributed by atoms with Gasteiger partial charge in [-0.3, -0.25) is 4.99 Å². The number of rotatable bonds is 12. The molecule has 0 saturated carbocycles. The summed E-state index contributed by atoms with van der Waals surface area (Å²) in [5.41, 5.74) is 0. The van der Waals surface area contributed by atoms with Gasteiger partial charge >= 0.3 is 0 Å². The Hall–Kier alpha value is -0.530. The Morgan fingerprint density at radius 2 is 1.42 bits per heavy atom. The molecule has 1 rings (SSSR count). The van der Waals surface area contributed by atoms with Gasteiger partial charge in [-0.25, -0.2) is 0 Å². The molecule has 19 heavy (non-hydrogen) atoms. The van der Waals surface area contributed by atoms with Crippen molar-refractivity contribution in [3.63, 3.8) is 0 Å². The molecule has 0 radical (unpaired) electrons. The van der Waals surface area contributed by atoms with E-state index in [4.69, 9.17) is 0 Å². The number of hydrogen-bond acceptors (Lipinski definition) is 2. The highest BCUT2D eigenvalue weighted by molar-refractivity contribution is 5.83. The van der Waals surface area contributed by atoms with Gasteiger partial charge < -0.3 is 4.90 Å². The molecule has 1 aliphatic rings. The summed E-state index contributed by atoms with van der Waals surface area (Å²) in [6.07, 6.45) is 15.4. The summed E-state index contributed by atoms with van der Waals surface area (Å²) in [4.78, 5) is 7.03. The maximum Gasteiger partial charge on any atom is 0.0987 e. The monoisotopic (exact) mass is 266 g/mol. The van der Waals surface area contributed by atoms with E-state index in [1.165, 1.54) is 83.1 Å². The molecule has 0 aliphatic carbocycles. The number of amidine groups is 1. The molecule has 0 aromatic carbocycles. The molecule has 0 aromatic heterocycles. The van der Waals surface area contributed by atoms with Crippen molar-refractivity contribution < 1.29 is 0 Å². The Morgan fingerprint density at radius 1 is 0.842 bits per heavy atom. The lowest BCUT2D eigenvalue weighted by Crippen LogP contribution is -2.28. The van der Waals surface area contributed by atoms with E-state index in [9.17, 15) is 0 Å². The van der Waals surface area contributed by atoms with Gasteiger partial charge in [-0.15, -0.1) is 0 Å². The summed E-state index contributed by atoms with van der Waals surface area (Å²) >= 11 is 0. The van der Waals surface area contributed by atoms with Crippen LogP contribution in [0, 0.1) is 0 Å². The molecule has 1 aliphatic heterocycles. The minimum Gasteiger partial charge on any atom is -0.359 e. The molecule has 1 heterocycles. The van der Waals surface area contributed by atoms with Gasteiger partial charge in [0.15, 0.2) is 0 Å². The first-order valence-corrected chi connectivity index (χ1v) is 8.66. The molecule has 0 amide bonds. The van der Waals surface area contributed by atoms with E-state index in [0.29, 0.717) is 0 Å². The summed E-state index contributed by atoms with van der Waals surface area (Å²) in [5.74, 6) is 1.34. The highest BCUT2D eigenvalue weighted by Crippen LogP contribution is 2.12. The van der Waals surface area contributed by atoms with Gasteiger partial charge in [0.25, 0.3) is 0 Å². The second-order valence-electron chi connectivity index (χ2n) is 5.82. The molecule has 0 atom stereocenters. The number of nitrogens with zero attached hydrogens (tertiary/aromatic N) is 2. The maximum absolute atomic E-state index is 4.54. The van der Waals surface area contributed by atoms with E-state index in [0.717, 1.165) is 13.0 Å². The molecule has 0 unspecified atom stereocenters. The minimum atomic E-state index is 1.03. The lowest BCUT2D eigenvalue weighted by molar-refractivity contribution is 0.424. The van der Waals surface area contributed by atoms with Gasteiger partial charge in [0.1, 0.15) is 0 Å². The van der Waals surface area contributed by atoms with Crippen molar-refractivity contribution in [1.29, 1.82) is 0 Å². The Balaban J connectivity index is 1.82. The first-order chi connectivity index (χ1) is 9.38. The molecule has 0 bridgehead atoms. The van der Waals surface area contributed by atoms with Crippen LogP contribution >= 0.6 is 0 Å². The molecule has 112 valence electrons. The van der Waals surface area contributed by atoms with Crippen LogP contribution in [0.5, 0.6) is 0 Å². The second kappa shape index (κ2) is 11.3. The molecule has 0 fully saturated rings. The van der Waals surface area contributed by atoms with Crippen LogP contribution in [-0.4, -0.2) is 30.4 Å². The van der Waals surface area contributed by atoms with Crippen LogP contribution < -0.4 is 0 Å². The maximum atomic E-state index is 4.54. The first-order valence-electron chi connectivity index (χ1n) is 8.66. The zero-order valence-corrected chi connectivity index (χ0v) is 13.3. The number of hydrogen-bond donors (Lipinski definition) is 0. The summed E-state index contributed by atoms with van der Waals surface area (Å²) in [7, 11) is 0. The van der Waals surface area contributed by atoms with Gasteiger partial charge in [-0.2, -0.15) is 0 Å². The summed E-state index contributed by atoms with van der Waals surface area (Å²) < 4.78 is 0. The van der Waals surface area contributed by atoms with Gasteiger partial charge in [-0.1, -0.05) is 71.6 Å². The van der Waals surface area contributed by atoms with Gasteiger partial charge in [0.05, 0.1) is 12.4 Å². The van der Waals surface area contributed by atoms with Crippen LogP contribution in [0.1, 0.15) is 84.5 Å². The van der Waals surface area contributed by atoms with E-state index in [2.05, 4.69) is 23.7 Å². The van der Waals surface area contributed by atoms with Crippen molar-refractivity contribution >= 4 is 5.84 Å². The lowest BCUT2D eigenvalue weighted by atomic mass is 10.1. The predicted octanol–water partition coefficient (Wildman–Crippen LogP) is 5.03. The highest BCUT2D eigenvalue weighted by atomic mass is 15.2. The van der Waals surface area contributed by atoms with Gasteiger partial charge in [-0.05, 0) is 6.42 Å². The van der Waals surface area contributed by atoms with Crippen molar-refractivity contribution in [3.8, 4) is 0 Å². The molecule has 2 nitrogen and oxygen atoms in total. The molecular weight excluding hydrogens is 232 g/mol. The van der Waals surface area contributed by atoms with E-state index in [1.54, 1.807) is 0 Å². The van der Waals surface area contributed by atoms with E-state index >= 15 is 0 Å². The Labute approximate surface area is 120 Å².